The summed E-state index contributed by atoms with van der Waals surface area (Å²) < 4.78 is 18.4. The molecule has 0 radical (unpaired) electrons. The minimum Gasteiger partial charge on any atom is -0.493 e. The van der Waals surface area contributed by atoms with Crippen LogP contribution in [0.25, 0.3) is 0 Å². The quantitative estimate of drug-likeness (QED) is 0.562. The van der Waals surface area contributed by atoms with Crippen molar-refractivity contribution in [3.05, 3.63) is 29.6 Å². The number of benzene rings is 1. The maximum Gasteiger partial charge on any atom is 0.235 e. The number of carbonyl (C=O) groups excluding carboxylic acids is 1. The van der Waals surface area contributed by atoms with Crippen LogP contribution in [0, 0.1) is 5.82 Å². The topological polar surface area (TPSA) is 38.7 Å². The molecule has 3 nitrogen and oxygen atoms in total. The highest BCUT2D eigenvalue weighted by Crippen LogP contribution is 2.52. The Hall–Kier alpha value is -1.67. The molecule has 1 saturated carbocycles. The van der Waals surface area contributed by atoms with Gasteiger partial charge in [-0.25, -0.2) is 9.18 Å². The molecule has 0 aromatic heterocycles. The van der Waals surface area contributed by atoms with Crippen LogP contribution in [0.5, 0.6) is 5.75 Å². The molecule has 2 rings (SSSR count). The summed E-state index contributed by atoms with van der Waals surface area (Å²) in [6, 6.07) is 4.65. The third-order valence-electron chi connectivity index (χ3n) is 2.66. The van der Waals surface area contributed by atoms with E-state index in [-0.39, 0.29) is 5.75 Å². The Labute approximate surface area is 86.6 Å². The van der Waals surface area contributed by atoms with Crippen LogP contribution in [-0.4, -0.2) is 13.2 Å². The summed E-state index contributed by atoms with van der Waals surface area (Å²) in [6.07, 6.45) is 3.01. The number of nitrogens with zero attached hydrogens (tertiary/aromatic N) is 1. The van der Waals surface area contributed by atoms with E-state index in [9.17, 15) is 9.18 Å². The number of isocyanates is 1. The number of methoxy groups -OCH3 is 1. The van der Waals surface area contributed by atoms with Crippen molar-refractivity contribution < 1.29 is 13.9 Å². The maximum absolute atomic E-state index is 13.4. The summed E-state index contributed by atoms with van der Waals surface area (Å²) >= 11 is 0. The minimum atomic E-state index is -0.588. The lowest BCUT2D eigenvalue weighted by Gasteiger charge is -2.13. The lowest BCUT2D eigenvalue weighted by Crippen LogP contribution is -2.06. The number of para-hydroxylation sites is 1. The smallest absolute Gasteiger partial charge is 0.235 e. The SMILES string of the molecule is COc1c(F)cccc1C1(N=C=O)CC1. The van der Waals surface area contributed by atoms with Crippen LogP contribution in [0.15, 0.2) is 23.2 Å². The Bertz CT molecular complexity index is 434. The van der Waals surface area contributed by atoms with E-state index in [1.807, 2.05) is 0 Å². The van der Waals surface area contributed by atoms with Crippen molar-refractivity contribution >= 4 is 6.08 Å². The van der Waals surface area contributed by atoms with Crippen molar-refractivity contribution in [2.75, 3.05) is 7.11 Å². The molecular formula is C11H10FNO2. The maximum atomic E-state index is 13.4. The van der Waals surface area contributed by atoms with Gasteiger partial charge in [-0.15, -0.1) is 0 Å². The highest BCUT2D eigenvalue weighted by Gasteiger charge is 2.47. The lowest BCUT2D eigenvalue weighted by molar-refractivity contribution is 0.376. The van der Waals surface area contributed by atoms with Gasteiger partial charge in [-0.05, 0) is 18.9 Å². The monoisotopic (exact) mass is 207 g/mol. The standard InChI is InChI=1S/C11H10FNO2/c1-15-10-8(3-2-4-9(10)12)11(5-6-11)13-7-14/h2-4H,5-6H2,1H3. The van der Waals surface area contributed by atoms with Gasteiger partial charge in [0.25, 0.3) is 0 Å². The molecule has 1 aliphatic rings. The van der Waals surface area contributed by atoms with Crippen molar-refractivity contribution in [3.8, 4) is 5.75 Å². The second-order valence-electron chi connectivity index (χ2n) is 3.56. The number of halogens is 1. The third-order valence-corrected chi connectivity index (χ3v) is 2.66. The predicted octanol–water partition coefficient (Wildman–Crippen LogP) is 2.16. The summed E-state index contributed by atoms with van der Waals surface area (Å²) in [5.41, 5.74) is 0.0446. The first-order valence-corrected chi connectivity index (χ1v) is 4.65. The zero-order valence-corrected chi connectivity index (χ0v) is 8.29. The number of hydrogen-bond donors (Lipinski definition) is 0. The van der Waals surface area contributed by atoms with Gasteiger partial charge >= 0.3 is 0 Å². The highest BCUT2D eigenvalue weighted by atomic mass is 19.1. The van der Waals surface area contributed by atoms with Crippen LogP contribution < -0.4 is 4.74 Å². The lowest BCUT2D eigenvalue weighted by atomic mass is 10.0. The Morgan fingerprint density at radius 2 is 2.27 bits per heavy atom. The van der Waals surface area contributed by atoms with E-state index in [4.69, 9.17) is 4.74 Å². The van der Waals surface area contributed by atoms with Gasteiger partial charge in [0.1, 0.15) is 5.54 Å². The van der Waals surface area contributed by atoms with Crippen molar-refractivity contribution in [2.24, 2.45) is 4.99 Å². The molecule has 0 atom stereocenters. The molecule has 15 heavy (non-hydrogen) atoms. The van der Waals surface area contributed by atoms with Gasteiger partial charge in [0, 0.05) is 5.56 Å². The van der Waals surface area contributed by atoms with E-state index >= 15 is 0 Å². The Morgan fingerprint density at radius 3 is 2.80 bits per heavy atom. The van der Waals surface area contributed by atoms with Gasteiger partial charge in [-0.3, -0.25) is 0 Å². The zero-order valence-electron chi connectivity index (χ0n) is 8.29. The molecule has 0 heterocycles. The third kappa shape index (κ3) is 1.53. The predicted molar refractivity (Wildman–Crippen MR) is 52.0 cm³/mol. The van der Waals surface area contributed by atoms with Crippen LogP contribution in [0.2, 0.25) is 0 Å². The second kappa shape index (κ2) is 3.48. The van der Waals surface area contributed by atoms with Crippen molar-refractivity contribution in [3.63, 3.8) is 0 Å². The Morgan fingerprint density at radius 1 is 1.53 bits per heavy atom. The van der Waals surface area contributed by atoms with Crippen molar-refractivity contribution in [2.45, 2.75) is 18.4 Å². The summed E-state index contributed by atoms with van der Waals surface area (Å²) in [5.74, 6) is -0.253. The van der Waals surface area contributed by atoms with Crippen LogP contribution in [-0.2, 0) is 10.3 Å². The normalized spacial score (nSPS) is 16.7. The van der Waals surface area contributed by atoms with Crippen molar-refractivity contribution in [1.82, 2.24) is 0 Å². The molecule has 0 bridgehead atoms. The Kier molecular flexibility index (Phi) is 2.29. The summed E-state index contributed by atoms with van der Waals surface area (Å²) in [6.45, 7) is 0. The average molecular weight is 207 g/mol. The van der Waals surface area contributed by atoms with Gasteiger partial charge in [-0.1, -0.05) is 12.1 Å². The molecule has 0 aliphatic heterocycles. The molecule has 1 aromatic rings. The van der Waals surface area contributed by atoms with E-state index in [0.29, 0.717) is 5.56 Å². The fraction of sp³-hybridized carbons (Fsp3) is 0.364. The first-order valence-electron chi connectivity index (χ1n) is 4.65. The summed E-state index contributed by atoms with van der Waals surface area (Å²) in [5, 5.41) is 0. The average Bonchev–Trinajstić information content (AvgIpc) is 2.99. The van der Waals surface area contributed by atoms with E-state index in [0.717, 1.165) is 12.8 Å². The van der Waals surface area contributed by atoms with Crippen LogP contribution in [0.4, 0.5) is 4.39 Å². The molecule has 4 heteroatoms. The van der Waals surface area contributed by atoms with E-state index < -0.39 is 11.4 Å². The van der Waals surface area contributed by atoms with Gasteiger partial charge in [0.15, 0.2) is 11.6 Å². The van der Waals surface area contributed by atoms with Gasteiger partial charge < -0.3 is 4.74 Å². The number of hydrogen-bond acceptors (Lipinski definition) is 3. The summed E-state index contributed by atoms with van der Waals surface area (Å²) in [4.78, 5) is 14.0. The van der Waals surface area contributed by atoms with E-state index in [2.05, 4.69) is 4.99 Å². The Balaban J connectivity index is 2.53. The molecule has 0 saturated heterocycles. The summed E-state index contributed by atoms with van der Waals surface area (Å²) in [7, 11) is 1.41. The van der Waals surface area contributed by atoms with Crippen LogP contribution in [0.1, 0.15) is 18.4 Å². The molecule has 1 aliphatic carbocycles. The van der Waals surface area contributed by atoms with Gasteiger partial charge in [-0.2, -0.15) is 4.99 Å². The molecule has 0 amide bonds. The molecule has 0 spiro atoms. The second-order valence-corrected chi connectivity index (χ2v) is 3.56. The molecule has 1 fully saturated rings. The zero-order chi connectivity index (χ0) is 10.9. The first kappa shape index (κ1) is 9.87. The highest BCUT2D eigenvalue weighted by molar-refractivity contribution is 5.47. The molecule has 0 unspecified atom stereocenters. The van der Waals surface area contributed by atoms with Crippen LogP contribution in [0.3, 0.4) is 0 Å². The molecule has 1 aromatic carbocycles. The first-order chi connectivity index (χ1) is 7.23. The van der Waals surface area contributed by atoms with Gasteiger partial charge in [0.2, 0.25) is 6.08 Å². The van der Waals surface area contributed by atoms with Crippen LogP contribution >= 0.6 is 0 Å². The number of rotatable bonds is 3. The molecular weight excluding hydrogens is 197 g/mol. The van der Waals surface area contributed by atoms with Crippen molar-refractivity contribution in [1.29, 1.82) is 0 Å². The minimum absolute atomic E-state index is 0.175. The van der Waals surface area contributed by atoms with Gasteiger partial charge in [0.05, 0.1) is 7.11 Å². The largest absolute Gasteiger partial charge is 0.493 e. The van der Waals surface area contributed by atoms with E-state index in [1.165, 1.54) is 19.3 Å². The number of aliphatic imine (C=N–C) groups is 1. The van der Waals surface area contributed by atoms with E-state index in [1.54, 1.807) is 12.1 Å². The molecule has 78 valence electrons. The number of ether oxygens (including phenoxy) is 1. The fourth-order valence-corrected chi connectivity index (χ4v) is 1.73. The fourth-order valence-electron chi connectivity index (χ4n) is 1.73. The molecule has 0 N–H and O–H groups in total.